The third kappa shape index (κ3) is 19.4. The molecule has 0 saturated carbocycles. The average molecular weight is 317 g/mol. The molecule has 4 heteroatoms. The predicted molar refractivity (Wildman–Crippen MR) is 90.9 cm³/mol. The van der Waals surface area contributed by atoms with E-state index in [2.05, 4.69) is 18.2 Å². The summed E-state index contributed by atoms with van der Waals surface area (Å²) in [4.78, 5) is 0. The number of hydrogen-bond acceptors (Lipinski definition) is 3. The molecule has 0 N–H and O–H groups in total. The van der Waals surface area contributed by atoms with Gasteiger partial charge in [-0.2, -0.15) is 8.42 Å². The first-order valence-corrected chi connectivity index (χ1v) is 10.00. The molecule has 0 aliphatic heterocycles. The third-order valence-corrected chi connectivity index (χ3v) is 3.85. The summed E-state index contributed by atoms with van der Waals surface area (Å²) < 4.78 is 26.2. The summed E-state index contributed by atoms with van der Waals surface area (Å²) in [5.74, 6) is 0. The van der Waals surface area contributed by atoms with Gasteiger partial charge in [-0.15, -0.1) is 0 Å². The normalized spacial score (nSPS) is 12.7. The zero-order valence-corrected chi connectivity index (χ0v) is 14.5. The van der Waals surface area contributed by atoms with Gasteiger partial charge >= 0.3 is 0 Å². The van der Waals surface area contributed by atoms with Gasteiger partial charge in [-0.05, 0) is 26.2 Å². The smallest absolute Gasteiger partial charge is 0.264 e. The van der Waals surface area contributed by atoms with Crippen molar-refractivity contribution in [3.8, 4) is 0 Å². The second-order valence-corrected chi connectivity index (χ2v) is 7.09. The number of unbranched alkanes of at least 4 members (excludes halogenated alkanes) is 9. The Kier molecular flexibility index (Phi) is 13.9. The summed E-state index contributed by atoms with van der Waals surface area (Å²) in [5.41, 5.74) is 0. The molecule has 0 amide bonds. The van der Waals surface area contributed by atoms with Gasteiger partial charge in [0.15, 0.2) is 0 Å². The molecule has 0 bridgehead atoms. The Bertz CT molecular complexity index is 369. The topological polar surface area (TPSA) is 43.4 Å². The van der Waals surface area contributed by atoms with Crippen molar-refractivity contribution in [2.24, 2.45) is 0 Å². The molecular weight excluding hydrogens is 284 g/mol. The number of allylic oxidation sites excluding steroid dienone is 4. The summed E-state index contributed by atoms with van der Waals surface area (Å²) in [6.45, 7) is 2.36. The summed E-state index contributed by atoms with van der Waals surface area (Å²) >= 11 is 0. The maximum absolute atomic E-state index is 10.7. The van der Waals surface area contributed by atoms with Crippen molar-refractivity contribution in [3.05, 3.63) is 24.3 Å². The quantitative estimate of drug-likeness (QED) is 0.257. The molecule has 0 heterocycles. The van der Waals surface area contributed by atoms with Gasteiger partial charge in [0, 0.05) is 0 Å². The van der Waals surface area contributed by atoms with Crippen LogP contribution in [0.15, 0.2) is 24.3 Å². The lowest BCUT2D eigenvalue weighted by Gasteiger charge is -2.02. The molecule has 0 aromatic carbocycles. The highest BCUT2D eigenvalue weighted by Crippen LogP contribution is 2.11. The van der Waals surface area contributed by atoms with Crippen LogP contribution in [0.3, 0.4) is 0 Å². The van der Waals surface area contributed by atoms with Crippen molar-refractivity contribution in [3.63, 3.8) is 0 Å². The Morgan fingerprint density at radius 3 is 1.86 bits per heavy atom. The van der Waals surface area contributed by atoms with Crippen LogP contribution in [0, 0.1) is 0 Å². The van der Waals surface area contributed by atoms with Crippen LogP contribution in [0.25, 0.3) is 0 Å². The van der Waals surface area contributed by atoms with Crippen LogP contribution in [-0.2, 0) is 14.3 Å². The van der Waals surface area contributed by atoms with Gasteiger partial charge in [0.25, 0.3) is 10.1 Å². The first kappa shape index (κ1) is 20.4. The zero-order chi connectivity index (χ0) is 15.8. The minimum absolute atomic E-state index is 0.333. The van der Waals surface area contributed by atoms with Crippen molar-refractivity contribution in [1.29, 1.82) is 0 Å². The van der Waals surface area contributed by atoms with E-state index >= 15 is 0 Å². The van der Waals surface area contributed by atoms with Gasteiger partial charge in [0.1, 0.15) is 0 Å². The van der Waals surface area contributed by atoms with Crippen LogP contribution in [0.5, 0.6) is 0 Å². The van der Waals surface area contributed by atoms with Crippen molar-refractivity contribution >= 4 is 10.1 Å². The van der Waals surface area contributed by atoms with Crippen molar-refractivity contribution in [2.75, 3.05) is 12.9 Å². The summed E-state index contributed by atoms with van der Waals surface area (Å²) in [6, 6.07) is 0. The third-order valence-electron chi connectivity index (χ3n) is 3.25. The molecule has 0 saturated heterocycles. The Hall–Kier alpha value is -0.610. The molecule has 0 aromatic rings. The van der Waals surface area contributed by atoms with Gasteiger partial charge < -0.3 is 0 Å². The van der Waals surface area contributed by atoms with E-state index in [-0.39, 0.29) is 0 Å². The van der Waals surface area contributed by atoms with Crippen LogP contribution in [0.1, 0.15) is 71.1 Å². The van der Waals surface area contributed by atoms with E-state index in [0.717, 1.165) is 19.1 Å². The molecule has 0 fully saturated rings. The van der Waals surface area contributed by atoms with Gasteiger partial charge in [-0.25, -0.2) is 0 Å². The highest BCUT2D eigenvalue weighted by atomic mass is 32.2. The zero-order valence-electron chi connectivity index (χ0n) is 13.7. The predicted octanol–water partition coefficient (Wildman–Crippen LogP) is 5.00. The molecule has 0 radical (unpaired) electrons. The monoisotopic (exact) mass is 316 g/mol. The van der Waals surface area contributed by atoms with Crippen LogP contribution in [0.4, 0.5) is 0 Å². The summed E-state index contributed by atoms with van der Waals surface area (Å²) in [5, 5.41) is 0. The lowest BCUT2D eigenvalue weighted by molar-refractivity contribution is 0.309. The standard InChI is InChI=1S/C17H32O3S/c1-3-4-5-6-7-8-9-10-11-12-13-14-15-16-17-20-21(2,18)19/h3-6H,7-17H2,1-2H3/b4-3+,6-5+. The van der Waals surface area contributed by atoms with E-state index in [1.165, 1.54) is 51.4 Å². The summed E-state index contributed by atoms with van der Waals surface area (Å²) in [6.07, 6.45) is 21.6. The number of rotatable bonds is 14. The van der Waals surface area contributed by atoms with Crippen LogP contribution >= 0.6 is 0 Å². The summed E-state index contributed by atoms with van der Waals surface area (Å²) in [7, 11) is -3.25. The van der Waals surface area contributed by atoms with E-state index in [4.69, 9.17) is 4.18 Å². The Labute approximate surface area is 131 Å². The second kappa shape index (κ2) is 14.3. The molecule has 0 unspecified atom stereocenters. The number of hydrogen-bond donors (Lipinski definition) is 0. The van der Waals surface area contributed by atoms with E-state index < -0.39 is 10.1 Å². The van der Waals surface area contributed by atoms with Crippen LogP contribution in [0.2, 0.25) is 0 Å². The fourth-order valence-corrected chi connectivity index (χ4v) is 2.52. The molecule has 0 atom stereocenters. The molecule has 0 aromatic heterocycles. The highest BCUT2D eigenvalue weighted by Gasteiger charge is 2.00. The fourth-order valence-electron chi connectivity index (χ4n) is 2.10. The van der Waals surface area contributed by atoms with E-state index in [0.29, 0.717) is 6.61 Å². The van der Waals surface area contributed by atoms with E-state index in [1.807, 2.05) is 13.0 Å². The average Bonchev–Trinajstić information content (AvgIpc) is 2.42. The largest absolute Gasteiger partial charge is 0.270 e. The lowest BCUT2D eigenvalue weighted by atomic mass is 10.1. The second-order valence-electron chi connectivity index (χ2n) is 5.45. The van der Waals surface area contributed by atoms with Gasteiger partial charge in [0.2, 0.25) is 0 Å². The van der Waals surface area contributed by atoms with Gasteiger partial charge in [-0.1, -0.05) is 69.2 Å². The fraction of sp³-hybridized carbons (Fsp3) is 0.765. The highest BCUT2D eigenvalue weighted by molar-refractivity contribution is 7.85. The van der Waals surface area contributed by atoms with Crippen LogP contribution < -0.4 is 0 Å². The first-order chi connectivity index (χ1) is 10.1. The minimum Gasteiger partial charge on any atom is -0.270 e. The molecular formula is C17H32O3S. The molecule has 0 aliphatic rings. The van der Waals surface area contributed by atoms with Gasteiger partial charge in [-0.3, -0.25) is 4.18 Å². The van der Waals surface area contributed by atoms with E-state index in [9.17, 15) is 8.42 Å². The Balaban J connectivity index is 3.12. The van der Waals surface area contributed by atoms with Gasteiger partial charge in [0.05, 0.1) is 12.9 Å². The molecule has 0 aliphatic carbocycles. The molecule has 3 nitrogen and oxygen atoms in total. The van der Waals surface area contributed by atoms with Crippen molar-refractivity contribution in [1.82, 2.24) is 0 Å². The molecule has 124 valence electrons. The Morgan fingerprint density at radius 1 is 0.810 bits per heavy atom. The first-order valence-electron chi connectivity index (χ1n) is 8.18. The minimum atomic E-state index is -3.25. The maximum Gasteiger partial charge on any atom is 0.264 e. The lowest BCUT2D eigenvalue weighted by Crippen LogP contribution is -2.03. The van der Waals surface area contributed by atoms with E-state index in [1.54, 1.807) is 0 Å². The van der Waals surface area contributed by atoms with Crippen LogP contribution in [-0.4, -0.2) is 21.3 Å². The Morgan fingerprint density at radius 2 is 1.33 bits per heavy atom. The van der Waals surface area contributed by atoms with Crippen molar-refractivity contribution in [2.45, 2.75) is 71.1 Å². The molecule has 0 spiro atoms. The maximum atomic E-state index is 10.7. The SMILES string of the molecule is C/C=C/C=C/CCCCCCCCCCCOS(C)(=O)=O. The molecule has 0 rings (SSSR count). The molecule has 21 heavy (non-hydrogen) atoms. The van der Waals surface area contributed by atoms with Crippen molar-refractivity contribution < 1.29 is 12.6 Å².